The molecule has 0 saturated heterocycles. The smallest absolute Gasteiger partial charge is 0.0584 e. The molecule has 0 heterocycles. The highest BCUT2D eigenvalue weighted by Gasteiger charge is 2.09. The van der Waals surface area contributed by atoms with Gasteiger partial charge >= 0.3 is 0 Å². The first kappa shape index (κ1) is 12.2. The van der Waals surface area contributed by atoms with Crippen molar-refractivity contribution in [1.29, 1.82) is 0 Å². The number of rotatable bonds is 6. The van der Waals surface area contributed by atoms with E-state index in [0.29, 0.717) is 6.04 Å². The first-order chi connectivity index (χ1) is 7.26. The molecule has 1 unspecified atom stereocenters. The molecule has 0 aliphatic carbocycles. The fourth-order valence-electron chi connectivity index (χ4n) is 1.73. The molecule has 1 aromatic rings. The van der Waals surface area contributed by atoms with E-state index >= 15 is 0 Å². The van der Waals surface area contributed by atoms with Gasteiger partial charge in [0.2, 0.25) is 0 Å². The van der Waals surface area contributed by atoms with Gasteiger partial charge in [-0.1, -0.05) is 37.3 Å². The second kappa shape index (κ2) is 6.59. The summed E-state index contributed by atoms with van der Waals surface area (Å²) in [6.45, 7) is 4.46. The van der Waals surface area contributed by atoms with Crippen LogP contribution in [0.1, 0.15) is 25.8 Å². The molecule has 84 valence electrons. The Balaban J connectivity index is 2.39. The zero-order chi connectivity index (χ0) is 11.1. The molecule has 1 rings (SSSR count). The fraction of sp³-hybridized carbons (Fsp3) is 0.538. The average Bonchev–Trinajstić information content (AvgIpc) is 2.27. The van der Waals surface area contributed by atoms with Crippen molar-refractivity contribution < 1.29 is 5.11 Å². The minimum atomic E-state index is 0.218. The summed E-state index contributed by atoms with van der Waals surface area (Å²) in [7, 11) is 0. The second-order valence-electron chi connectivity index (χ2n) is 4.05. The summed E-state index contributed by atoms with van der Waals surface area (Å²) in [6, 6.07) is 11.1. The number of hydrogen-bond donors (Lipinski definition) is 2. The van der Waals surface area contributed by atoms with Gasteiger partial charge in [0.1, 0.15) is 0 Å². The highest BCUT2D eigenvalue weighted by molar-refractivity contribution is 5.15. The number of benzene rings is 1. The van der Waals surface area contributed by atoms with Crippen LogP contribution in [-0.2, 0) is 6.42 Å². The van der Waals surface area contributed by atoms with E-state index in [9.17, 15) is 0 Å². The molecule has 0 amide bonds. The molecule has 0 spiro atoms. The van der Waals surface area contributed by atoms with Crippen LogP contribution in [0.2, 0.25) is 0 Å². The van der Waals surface area contributed by atoms with Crippen molar-refractivity contribution in [2.24, 2.45) is 0 Å². The monoisotopic (exact) mass is 207 g/mol. The Hall–Kier alpha value is -0.860. The number of hydrogen-bond acceptors (Lipinski definition) is 2. The Morgan fingerprint density at radius 3 is 2.47 bits per heavy atom. The highest BCUT2D eigenvalue weighted by Crippen LogP contribution is 2.04. The minimum absolute atomic E-state index is 0.218. The van der Waals surface area contributed by atoms with E-state index in [0.717, 1.165) is 12.8 Å². The van der Waals surface area contributed by atoms with Crippen molar-refractivity contribution in [3.63, 3.8) is 0 Å². The quantitative estimate of drug-likeness (QED) is 0.747. The molecule has 0 aliphatic heterocycles. The van der Waals surface area contributed by atoms with E-state index in [2.05, 4.69) is 43.4 Å². The molecule has 0 radical (unpaired) electrons. The van der Waals surface area contributed by atoms with E-state index in [1.165, 1.54) is 5.56 Å². The van der Waals surface area contributed by atoms with Crippen LogP contribution in [0.25, 0.3) is 0 Å². The molecule has 0 fully saturated rings. The van der Waals surface area contributed by atoms with Gasteiger partial charge in [-0.3, -0.25) is 0 Å². The van der Waals surface area contributed by atoms with Gasteiger partial charge in [-0.25, -0.2) is 0 Å². The zero-order valence-electron chi connectivity index (χ0n) is 9.61. The van der Waals surface area contributed by atoms with Crippen molar-refractivity contribution >= 4 is 0 Å². The van der Waals surface area contributed by atoms with Crippen LogP contribution in [0, 0.1) is 0 Å². The molecule has 1 aromatic carbocycles. The first-order valence-electron chi connectivity index (χ1n) is 5.67. The third-order valence-electron chi connectivity index (χ3n) is 2.62. The second-order valence-corrected chi connectivity index (χ2v) is 4.05. The predicted octanol–water partition coefficient (Wildman–Crippen LogP) is 1.98. The van der Waals surface area contributed by atoms with Crippen molar-refractivity contribution in [2.45, 2.75) is 38.8 Å². The summed E-state index contributed by atoms with van der Waals surface area (Å²) in [5.74, 6) is 0. The summed E-state index contributed by atoms with van der Waals surface area (Å²) in [6.07, 6.45) is 1.98. The van der Waals surface area contributed by atoms with Gasteiger partial charge in [0, 0.05) is 12.1 Å². The van der Waals surface area contributed by atoms with Gasteiger partial charge in [0.25, 0.3) is 0 Å². The largest absolute Gasteiger partial charge is 0.395 e. The van der Waals surface area contributed by atoms with Crippen molar-refractivity contribution in [2.75, 3.05) is 6.61 Å². The van der Waals surface area contributed by atoms with Gasteiger partial charge < -0.3 is 10.4 Å². The standard InChI is InChI=1S/C13H21NO/c1-3-13(10-15)14-11(2)9-12-7-5-4-6-8-12/h4-8,11,13-15H,3,9-10H2,1-2H3/t11?,13-/m0/s1. The maximum Gasteiger partial charge on any atom is 0.0584 e. The first-order valence-corrected chi connectivity index (χ1v) is 5.67. The third kappa shape index (κ3) is 4.45. The lowest BCUT2D eigenvalue weighted by atomic mass is 10.1. The van der Waals surface area contributed by atoms with Crippen LogP contribution in [0.3, 0.4) is 0 Å². The molecule has 0 bridgehead atoms. The van der Waals surface area contributed by atoms with Crippen LogP contribution in [0.5, 0.6) is 0 Å². The average molecular weight is 207 g/mol. The van der Waals surface area contributed by atoms with E-state index in [1.807, 2.05) is 6.07 Å². The van der Waals surface area contributed by atoms with E-state index in [-0.39, 0.29) is 12.6 Å². The molecule has 0 aliphatic rings. The summed E-state index contributed by atoms with van der Waals surface area (Å²) in [5.41, 5.74) is 1.34. The molecule has 2 heteroatoms. The Morgan fingerprint density at radius 1 is 1.27 bits per heavy atom. The lowest BCUT2D eigenvalue weighted by Crippen LogP contribution is -2.39. The number of nitrogens with one attached hydrogen (secondary N) is 1. The zero-order valence-corrected chi connectivity index (χ0v) is 9.61. The predicted molar refractivity (Wildman–Crippen MR) is 63.9 cm³/mol. The van der Waals surface area contributed by atoms with Gasteiger partial charge in [-0.05, 0) is 25.3 Å². The molecule has 2 nitrogen and oxygen atoms in total. The Bertz CT molecular complexity index is 256. The van der Waals surface area contributed by atoms with Crippen molar-refractivity contribution in [1.82, 2.24) is 5.32 Å². The van der Waals surface area contributed by atoms with Crippen LogP contribution < -0.4 is 5.32 Å². The molecule has 2 atom stereocenters. The van der Waals surface area contributed by atoms with Crippen LogP contribution in [0.15, 0.2) is 30.3 Å². The van der Waals surface area contributed by atoms with Crippen molar-refractivity contribution in [3.05, 3.63) is 35.9 Å². The van der Waals surface area contributed by atoms with Gasteiger partial charge in [-0.15, -0.1) is 0 Å². The molecule has 2 N–H and O–H groups in total. The number of aliphatic hydroxyl groups excluding tert-OH is 1. The van der Waals surface area contributed by atoms with Crippen LogP contribution in [-0.4, -0.2) is 23.8 Å². The third-order valence-corrected chi connectivity index (χ3v) is 2.62. The normalized spacial score (nSPS) is 14.9. The fourth-order valence-corrected chi connectivity index (χ4v) is 1.73. The molecule has 0 saturated carbocycles. The van der Waals surface area contributed by atoms with E-state index in [4.69, 9.17) is 5.11 Å². The summed E-state index contributed by atoms with van der Waals surface area (Å²) >= 11 is 0. The molecule has 15 heavy (non-hydrogen) atoms. The summed E-state index contributed by atoms with van der Waals surface area (Å²) in [5, 5.41) is 12.5. The Labute approximate surface area is 92.3 Å². The van der Waals surface area contributed by atoms with Gasteiger partial charge in [-0.2, -0.15) is 0 Å². The minimum Gasteiger partial charge on any atom is -0.395 e. The van der Waals surface area contributed by atoms with E-state index < -0.39 is 0 Å². The van der Waals surface area contributed by atoms with Crippen LogP contribution >= 0.6 is 0 Å². The summed E-state index contributed by atoms with van der Waals surface area (Å²) < 4.78 is 0. The summed E-state index contributed by atoms with van der Waals surface area (Å²) in [4.78, 5) is 0. The SMILES string of the molecule is CC[C@@H](CO)NC(C)Cc1ccccc1. The molecular weight excluding hydrogens is 186 g/mol. The molecule has 0 aromatic heterocycles. The topological polar surface area (TPSA) is 32.3 Å². The maximum absolute atomic E-state index is 9.08. The van der Waals surface area contributed by atoms with Gasteiger partial charge in [0.05, 0.1) is 6.61 Å². The number of aliphatic hydroxyl groups is 1. The molecular formula is C13H21NO. The van der Waals surface area contributed by atoms with E-state index in [1.54, 1.807) is 0 Å². The van der Waals surface area contributed by atoms with Crippen molar-refractivity contribution in [3.8, 4) is 0 Å². The van der Waals surface area contributed by atoms with Crippen LogP contribution in [0.4, 0.5) is 0 Å². The lowest BCUT2D eigenvalue weighted by Gasteiger charge is -2.20. The maximum atomic E-state index is 9.08. The van der Waals surface area contributed by atoms with Gasteiger partial charge in [0.15, 0.2) is 0 Å². The Kier molecular flexibility index (Phi) is 5.37. The Morgan fingerprint density at radius 2 is 1.93 bits per heavy atom. The highest BCUT2D eigenvalue weighted by atomic mass is 16.3. The lowest BCUT2D eigenvalue weighted by molar-refractivity contribution is 0.229.